The van der Waals surface area contributed by atoms with Crippen LogP contribution < -0.4 is 31.5 Å². The summed E-state index contributed by atoms with van der Waals surface area (Å²) in [5.41, 5.74) is 0. The molecule has 0 fully saturated rings. The third-order valence-corrected chi connectivity index (χ3v) is 0. The van der Waals surface area contributed by atoms with Crippen molar-refractivity contribution in [3.63, 3.8) is 0 Å². The molecule has 0 heterocycles. The molecule has 0 spiro atoms. The average Bonchev–Trinajstić information content (AvgIpc) is 1.70. The van der Waals surface area contributed by atoms with Gasteiger partial charge in [-0.2, -0.15) is 0 Å². The van der Waals surface area contributed by atoms with Gasteiger partial charge in [-0.25, -0.2) is 0 Å². The fourth-order valence-electron chi connectivity index (χ4n) is 0. The zero-order valence-electron chi connectivity index (χ0n) is 4.40. The first kappa shape index (κ1) is 29.7. The zero-order chi connectivity index (χ0) is 8.12. The van der Waals surface area contributed by atoms with E-state index >= 15 is 0 Å². The summed E-state index contributed by atoms with van der Waals surface area (Å²) in [5, 5.41) is 52.5. The second-order valence-electron chi connectivity index (χ2n) is 0.204. The predicted molar refractivity (Wildman–Crippen MR) is 3.25 cm³/mol. The summed E-state index contributed by atoms with van der Waals surface area (Å²) in [6, 6.07) is 0. The molecule has 0 N–H and O–H groups in total. The Morgan fingerprint density at radius 3 is 0.545 bits per heavy atom. The summed E-state index contributed by atoms with van der Waals surface area (Å²) in [7, 11) is 0. The Morgan fingerprint density at radius 1 is 0.545 bits per heavy atom. The molecular weight excluding hydrogens is 299 g/mol. The molecule has 0 aliphatic heterocycles. The molecule has 0 bridgehead atoms. The van der Waals surface area contributed by atoms with Crippen LogP contribution in [0.5, 0.6) is 0 Å². The van der Waals surface area contributed by atoms with E-state index in [1.807, 2.05) is 0 Å². The Labute approximate surface area is 84.5 Å². The van der Waals surface area contributed by atoms with E-state index in [0.717, 1.165) is 0 Å². The second kappa shape index (κ2) is 71.5. The minimum Gasteiger partial charge on any atom is -0.734 e. The van der Waals surface area contributed by atoms with Gasteiger partial charge in [-0.05, 0) is 0 Å². The SMILES string of the molecule is [Mo+6].[Ni].[O-]O[O-].[O-]O[O-].[O-]O[O-]. The monoisotopic (exact) mass is 300 g/mol. The van der Waals surface area contributed by atoms with E-state index in [9.17, 15) is 0 Å². The van der Waals surface area contributed by atoms with Gasteiger partial charge in [0, 0.05) is 16.5 Å². The quantitative estimate of drug-likeness (QED) is 0.240. The Hall–Kier alpha value is 0.822. The molecule has 0 aromatic heterocycles. The van der Waals surface area contributed by atoms with Crippen molar-refractivity contribution in [3.8, 4) is 0 Å². The molecule has 70 valence electrons. The van der Waals surface area contributed by atoms with Crippen LogP contribution in [-0.4, -0.2) is 0 Å². The maximum absolute atomic E-state index is 7.88. The zero-order valence-corrected chi connectivity index (χ0v) is 7.39. The molecule has 0 aliphatic carbocycles. The summed E-state index contributed by atoms with van der Waals surface area (Å²) in [5.74, 6) is 0. The molecule has 0 saturated heterocycles. The summed E-state index contributed by atoms with van der Waals surface area (Å²) < 4.78 is 0. The molecule has 0 aliphatic rings. The van der Waals surface area contributed by atoms with Crippen LogP contribution in [0.25, 0.3) is 0 Å². The second-order valence-corrected chi connectivity index (χ2v) is 0.204. The molecule has 0 atom stereocenters. The van der Waals surface area contributed by atoms with Crippen molar-refractivity contribution in [2.45, 2.75) is 0 Å². The van der Waals surface area contributed by atoms with Gasteiger partial charge >= 0.3 is 21.1 Å². The Kier molecular flexibility index (Phi) is 193. The minimum atomic E-state index is 0. The molecule has 11 heavy (non-hydrogen) atoms. The molecule has 0 aromatic carbocycles. The molecule has 0 radical (unpaired) electrons. The van der Waals surface area contributed by atoms with Crippen molar-refractivity contribution in [2.75, 3.05) is 0 Å². The van der Waals surface area contributed by atoms with Crippen LogP contribution in [0.15, 0.2) is 0 Å². The van der Waals surface area contributed by atoms with Crippen LogP contribution >= 0.6 is 0 Å². The fraction of sp³-hybridized carbons (Fsp3) is 0. The van der Waals surface area contributed by atoms with Crippen LogP contribution in [0.1, 0.15) is 0 Å². The Bertz CT molecular complexity index is 14.3. The average molecular weight is 299 g/mol. The van der Waals surface area contributed by atoms with E-state index in [1.165, 1.54) is 0 Å². The molecule has 9 nitrogen and oxygen atoms in total. The molecule has 0 unspecified atom stereocenters. The first-order valence-corrected chi connectivity index (χ1v) is 1.00. The maximum atomic E-state index is 7.88. The molecule has 0 aromatic rings. The van der Waals surface area contributed by atoms with Gasteiger partial charge in [0.05, 0.1) is 0 Å². The van der Waals surface area contributed by atoms with Gasteiger partial charge in [0.25, 0.3) is 0 Å². The maximum Gasteiger partial charge on any atom is 6.00 e. The third-order valence-electron chi connectivity index (χ3n) is 0. The van der Waals surface area contributed by atoms with Gasteiger partial charge in [0.15, 0.2) is 0 Å². The number of hydrogen-bond donors (Lipinski definition) is 0. The van der Waals surface area contributed by atoms with E-state index < -0.39 is 0 Å². The predicted octanol–water partition coefficient (Wildman–Crippen LogP) is -7.34. The molecule has 11 heteroatoms. The van der Waals surface area contributed by atoms with Crippen molar-refractivity contribution in [1.29, 1.82) is 0 Å². The summed E-state index contributed by atoms with van der Waals surface area (Å²) in [6.45, 7) is 0. The Morgan fingerprint density at radius 2 is 0.545 bits per heavy atom. The van der Waals surface area contributed by atoms with Crippen molar-refractivity contribution < 1.29 is 84.2 Å². The van der Waals surface area contributed by atoms with Gasteiger partial charge < -0.3 is 46.7 Å². The first-order chi connectivity index (χ1) is 4.24. The molecule has 0 amide bonds. The largest absolute Gasteiger partial charge is 6.00 e. The van der Waals surface area contributed by atoms with Crippen LogP contribution in [0.4, 0.5) is 0 Å². The topological polar surface area (TPSA) is 166 Å². The summed E-state index contributed by atoms with van der Waals surface area (Å²) >= 11 is 0. The summed E-state index contributed by atoms with van der Waals surface area (Å²) in [4.78, 5) is 0. The van der Waals surface area contributed by atoms with Gasteiger partial charge in [-0.3, -0.25) is 0 Å². The van der Waals surface area contributed by atoms with E-state index in [1.54, 1.807) is 15.1 Å². The van der Waals surface area contributed by atoms with Crippen LogP contribution in [0.2, 0.25) is 0 Å². The number of hydrogen-bond acceptors (Lipinski definition) is 9. The van der Waals surface area contributed by atoms with Gasteiger partial charge in [0.2, 0.25) is 0 Å². The van der Waals surface area contributed by atoms with Gasteiger partial charge in [-0.15, -0.1) is 0 Å². The van der Waals surface area contributed by atoms with Crippen molar-refractivity contribution in [2.24, 2.45) is 0 Å². The van der Waals surface area contributed by atoms with Crippen LogP contribution in [-0.2, 0) is 52.7 Å². The molecular formula is MoNiO9. The van der Waals surface area contributed by atoms with Crippen molar-refractivity contribution in [1.82, 2.24) is 0 Å². The third kappa shape index (κ3) is 1250. The van der Waals surface area contributed by atoms with Gasteiger partial charge in [-0.1, -0.05) is 0 Å². The van der Waals surface area contributed by atoms with Crippen LogP contribution in [0, 0.1) is 0 Å². The minimum absolute atomic E-state index is 0. The number of rotatable bonds is 0. The van der Waals surface area contributed by atoms with Crippen LogP contribution in [0.3, 0.4) is 0 Å². The van der Waals surface area contributed by atoms with E-state index in [0.29, 0.717) is 0 Å². The molecule has 0 saturated carbocycles. The van der Waals surface area contributed by atoms with E-state index in [4.69, 9.17) is 31.5 Å². The molecule has 0 rings (SSSR count). The normalized spacial score (nSPS) is 4.91. The standard InChI is InChI=1S/Mo.Ni.3H2O3/c;;3*1-3-2/h;;3*1-2H/q+6;;;;/p-6. The fourth-order valence-corrected chi connectivity index (χ4v) is 0. The smallest absolute Gasteiger partial charge is 0.734 e. The first-order valence-electron chi connectivity index (χ1n) is 1.00. The van der Waals surface area contributed by atoms with Crippen molar-refractivity contribution in [3.05, 3.63) is 0 Å². The van der Waals surface area contributed by atoms with E-state index in [2.05, 4.69) is 0 Å². The Balaban J connectivity index is -0.0000000150. The van der Waals surface area contributed by atoms with E-state index in [-0.39, 0.29) is 37.6 Å². The van der Waals surface area contributed by atoms with Gasteiger partial charge in [0.1, 0.15) is 0 Å². The van der Waals surface area contributed by atoms with Crippen molar-refractivity contribution >= 4 is 0 Å². The summed E-state index contributed by atoms with van der Waals surface area (Å²) in [6.07, 6.45) is 0.